The van der Waals surface area contributed by atoms with Gasteiger partial charge < -0.3 is 10.6 Å². The molecule has 0 aliphatic heterocycles. The Hall–Kier alpha value is -0.520. The van der Waals surface area contributed by atoms with E-state index in [4.69, 9.17) is 5.73 Å². The molecule has 5 heteroatoms. The number of nitrogens with two attached hydrogens (primary N) is 1. The summed E-state index contributed by atoms with van der Waals surface area (Å²) >= 11 is 3.46. The van der Waals surface area contributed by atoms with Crippen LogP contribution in [-0.2, 0) is 11.3 Å². The number of hydrogen-bond acceptors (Lipinski definition) is 4. The van der Waals surface area contributed by atoms with Crippen LogP contribution in [0.15, 0.2) is 11.4 Å². The number of aryl methyl sites for hydroxylation is 1. The Morgan fingerprint density at radius 1 is 1.55 bits per heavy atom. The van der Waals surface area contributed by atoms with Gasteiger partial charge in [-0.2, -0.15) is 11.8 Å². The van der Waals surface area contributed by atoms with Gasteiger partial charge in [-0.1, -0.05) is 13.3 Å². The third-order valence-electron chi connectivity index (χ3n) is 3.35. The molecule has 1 aromatic rings. The molecule has 0 saturated heterocycles. The predicted molar refractivity (Wildman–Crippen MR) is 90.4 cm³/mol. The standard InChI is InChI=1S/C15H26N2OS2/c1-4-5-8-17(11-14-12(2)6-10-20-14)15(18)13(16)7-9-19-3/h6,10,13H,4-5,7-9,11,16H2,1-3H3/t13-/m0/s1. The normalized spacial score (nSPS) is 12.4. The molecule has 1 rings (SSSR count). The molecule has 114 valence electrons. The maximum Gasteiger partial charge on any atom is 0.239 e. The van der Waals surface area contributed by atoms with Gasteiger partial charge in [0, 0.05) is 11.4 Å². The van der Waals surface area contributed by atoms with Crippen molar-refractivity contribution in [3.05, 3.63) is 21.9 Å². The van der Waals surface area contributed by atoms with Gasteiger partial charge in [0.25, 0.3) is 0 Å². The van der Waals surface area contributed by atoms with Crippen molar-refractivity contribution < 1.29 is 4.79 Å². The molecule has 0 aliphatic rings. The highest BCUT2D eigenvalue weighted by Gasteiger charge is 2.21. The van der Waals surface area contributed by atoms with Crippen molar-refractivity contribution in [3.63, 3.8) is 0 Å². The molecule has 1 aromatic heterocycles. The fourth-order valence-corrected chi connectivity index (χ4v) is 3.37. The van der Waals surface area contributed by atoms with E-state index in [-0.39, 0.29) is 11.9 Å². The first-order chi connectivity index (χ1) is 9.60. The van der Waals surface area contributed by atoms with Crippen LogP contribution >= 0.6 is 23.1 Å². The lowest BCUT2D eigenvalue weighted by Crippen LogP contribution is -2.44. The highest BCUT2D eigenvalue weighted by Crippen LogP contribution is 2.19. The molecule has 1 amide bonds. The number of hydrogen-bond donors (Lipinski definition) is 1. The monoisotopic (exact) mass is 314 g/mol. The number of thiophene rings is 1. The first-order valence-electron chi connectivity index (χ1n) is 7.16. The largest absolute Gasteiger partial charge is 0.336 e. The van der Waals surface area contributed by atoms with E-state index in [0.29, 0.717) is 6.54 Å². The Balaban J connectivity index is 2.67. The second-order valence-corrected chi connectivity index (χ2v) is 7.01. The van der Waals surface area contributed by atoms with Gasteiger partial charge in [0.05, 0.1) is 12.6 Å². The van der Waals surface area contributed by atoms with Crippen LogP contribution in [0.25, 0.3) is 0 Å². The zero-order chi connectivity index (χ0) is 15.0. The molecule has 0 aliphatic carbocycles. The van der Waals surface area contributed by atoms with Crippen LogP contribution < -0.4 is 5.73 Å². The Morgan fingerprint density at radius 3 is 2.85 bits per heavy atom. The van der Waals surface area contributed by atoms with Gasteiger partial charge in [-0.05, 0) is 48.8 Å². The van der Waals surface area contributed by atoms with Gasteiger partial charge in [0.2, 0.25) is 5.91 Å². The zero-order valence-electron chi connectivity index (χ0n) is 12.7. The molecule has 0 unspecified atom stereocenters. The fraction of sp³-hybridized carbons (Fsp3) is 0.667. The topological polar surface area (TPSA) is 46.3 Å². The highest BCUT2D eigenvalue weighted by atomic mass is 32.2. The summed E-state index contributed by atoms with van der Waals surface area (Å²) < 4.78 is 0. The summed E-state index contributed by atoms with van der Waals surface area (Å²) in [4.78, 5) is 15.7. The van der Waals surface area contributed by atoms with E-state index >= 15 is 0 Å². The second-order valence-electron chi connectivity index (χ2n) is 5.03. The molecule has 20 heavy (non-hydrogen) atoms. The average Bonchev–Trinajstić information content (AvgIpc) is 2.85. The van der Waals surface area contributed by atoms with Crippen LogP contribution in [0.3, 0.4) is 0 Å². The van der Waals surface area contributed by atoms with Gasteiger partial charge in [-0.15, -0.1) is 11.3 Å². The number of thioether (sulfide) groups is 1. The lowest BCUT2D eigenvalue weighted by molar-refractivity contribution is -0.133. The minimum atomic E-state index is -0.362. The van der Waals surface area contributed by atoms with Gasteiger partial charge in [-0.25, -0.2) is 0 Å². The average molecular weight is 315 g/mol. The summed E-state index contributed by atoms with van der Waals surface area (Å²) in [6.07, 6.45) is 4.92. The Morgan fingerprint density at radius 2 is 2.30 bits per heavy atom. The summed E-state index contributed by atoms with van der Waals surface area (Å²) in [7, 11) is 0. The lowest BCUT2D eigenvalue weighted by atomic mass is 10.2. The molecule has 3 nitrogen and oxygen atoms in total. The van der Waals surface area contributed by atoms with E-state index in [0.717, 1.165) is 31.6 Å². The maximum atomic E-state index is 12.5. The minimum absolute atomic E-state index is 0.0975. The van der Waals surface area contributed by atoms with Crippen LogP contribution in [0, 0.1) is 6.92 Å². The van der Waals surface area contributed by atoms with Crippen molar-refractivity contribution in [1.82, 2.24) is 4.90 Å². The van der Waals surface area contributed by atoms with Crippen molar-refractivity contribution in [2.45, 2.75) is 45.7 Å². The van der Waals surface area contributed by atoms with Crippen LogP contribution in [-0.4, -0.2) is 35.4 Å². The molecule has 0 fully saturated rings. The van der Waals surface area contributed by atoms with E-state index in [1.165, 1.54) is 10.4 Å². The summed E-state index contributed by atoms with van der Waals surface area (Å²) in [6, 6.07) is 1.75. The van der Waals surface area contributed by atoms with E-state index in [1.807, 2.05) is 11.2 Å². The van der Waals surface area contributed by atoms with Crippen LogP contribution in [0.4, 0.5) is 0 Å². The van der Waals surface area contributed by atoms with Crippen molar-refractivity contribution >= 4 is 29.0 Å². The summed E-state index contributed by atoms with van der Waals surface area (Å²) in [5.41, 5.74) is 7.31. The van der Waals surface area contributed by atoms with Gasteiger partial charge in [0.15, 0.2) is 0 Å². The van der Waals surface area contributed by atoms with E-state index in [1.54, 1.807) is 23.1 Å². The van der Waals surface area contributed by atoms with E-state index < -0.39 is 0 Å². The number of unbranched alkanes of at least 4 members (excludes halogenated alkanes) is 1. The Labute approximate surface area is 130 Å². The first kappa shape index (κ1) is 17.5. The molecular weight excluding hydrogens is 288 g/mol. The Kier molecular flexibility index (Phi) is 8.26. The molecule has 1 heterocycles. The van der Waals surface area contributed by atoms with Gasteiger partial charge in [0.1, 0.15) is 0 Å². The maximum absolute atomic E-state index is 12.5. The number of rotatable bonds is 9. The van der Waals surface area contributed by atoms with Crippen LogP contribution in [0.2, 0.25) is 0 Å². The second kappa shape index (κ2) is 9.42. The molecule has 1 atom stereocenters. The molecule has 0 radical (unpaired) electrons. The third kappa shape index (κ3) is 5.46. The Bertz CT molecular complexity index is 406. The van der Waals surface area contributed by atoms with Crippen LogP contribution in [0.1, 0.15) is 36.6 Å². The smallest absolute Gasteiger partial charge is 0.239 e. The summed E-state index contributed by atoms with van der Waals surface area (Å²) in [6.45, 7) is 5.75. The highest BCUT2D eigenvalue weighted by molar-refractivity contribution is 7.98. The number of carbonyl (C=O) groups excluding carboxylic acids is 1. The lowest BCUT2D eigenvalue weighted by Gasteiger charge is -2.25. The summed E-state index contributed by atoms with van der Waals surface area (Å²) in [5.74, 6) is 1.03. The quantitative estimate of drug-likeness (QED) is 0.761. The van der Waals surface area contributed by atoms with Crippen LogP contribution in [0.5, 0.6) is 0 Å². The SMILES string of the molecule is CCCCN(Cc1sccc1C)C(=O)[C@@H](N)CCSC. The number of carbonyl (C=O) groups is 1. The molecule has 0 spiro atoms. The zero-order valence-corrected chi connectivity index (χ0v) is 14.4. The van der Waals surface area contributed by atoms with Crippen molar-refractivity contribution in [2.75, 3.05) is 18.6 Å². The van der Waals surface area contributed by atoms with E-state index in [9.17, 15) is 4.79 Å². The molecule has 0 aromatic carbocycles. The van der Waals surface area contributed by atoms with Crippen molar-refractivity contribution in [2.24, 2.45) is 5.73 Å². The first-order valence-corrected chi connectivity index (χ1v) is 9.43. The van der Waals surface area contributed by atoms with E-state index in [2.05, 4.69) is 25.3 Å². The minimum Gasteiger partial charge on any atom is -0.336 e. The van der Waals surface area contributed by atoms with Gasteiger partial charge >= 0.3 is 0 Å². The molecular formula is C15H26N2OS2. The predicted octanol–water partition coefficient (Wildman–Crippen LogP) is 3.27. The van der Waals surface area contributed by atoms with Gasteiger partial charge in [-0.3, -0.25) is 4.79 Å². The van der Waals surface area contributed by atoms with Crippen molar-refractivity contribution in [1.29, 1.82) is 0 Å². The molecule has 0 bridgehead atoms. The molecule has 2 N–H and O–H groups in total. The van der Waals surface area contributed by atoms with Crippen molar-refractivity contribution in [3.8, 4) is 0 Å². The summed E-state index contributed by atoms with van der Waals surface area (Å²) in [5, 5.41) is 2.08. The number of amides is 1. The fourth-order valence-electron chi connectivity index (χ4n) is 1.96. The molecule has 0 saturated carbocycles. The number of nitrogens with zero attached hydrogens (tertiary/aromatic N) is 1. The third-order valence-corrected chi connectivity index (χ3v) is 5.00.